The van der Waals surface area contributed by atoms with E-state index in [1.165, 1.54) is 0 Å². The Kier molecular flexibility index (Phi) is 4.66. The van der Waals surface area contributed by atoms with Crippen LogP contribution in [0.2, 0.25) is 5.02 Å². The van der Waals surface area contributed by atoms with Crippen LogP contribution in [-0.2, 0) is 17.8 Å². The van der Waals surface area contributed by atoms with Crippen LogP contribution in [0.3, 0.4) is 0 Å². The number of benzene rings is 1. The summed E-state index contributed by atoms with van der Waals surface area (Å²) in [4.78, 5) is 16.3. The molecule has 0 atom stereocenters. The van der Waals surface area contributed by atoms with Gasteiger partial charge in [-0.25, -0.2) is 4.98 Å². The molecule has 102 valence electrons. The molecule has 2 rings (SSSR count). The molecule has 0 saturated carbocycles. The van der Waals surface area contributed by atoms with Crippen LogP contribution in [0, 0.1) is 0 Å². The van der Waals surface area contributed by atoms with E-state index in [0.29, 0.717) is 23.9 Å². The average Bonchev–Trinajstić information content (AvgIpc) is 2.68. The van der Waals surface area contributed by atoms with E-state index in [4.69, 9.17) is 23.2 Å². The Morgan fingerprint density at radius 1 is 1.47 bits per heavy atom. The van der Waals surface area contributed by atoms with Gasteiger partial charge in [-0.2, -0.15) is 0 Å². The summed E-state index contributed by atoms with van der Waals surface area (Å²) in [7, 11) is 0. The van der Waals surface area contributed by atoms with Crippen molar-refractivity contribution in [3.8, 4) is 0 Å². The number of amides is 1. The van der Waals surface area contributed by atoms with Crippen LogP contribution in [0.25, 0.3) is 11.0 Å². The van der Waals surface area contributed by atoms with Crippen molar-refractivity contribution >= 4 is 40.1 Å². The van der Waals surface area contributed by atoms with E-state index < -0.39 is 0 Å². The zero-order valence-electron chi connectivity index (χ0n) is 10.6. The number of imidazole rings is 1. The molecule has 2 aromatic rings. The number of hydrogen-bond donors (Lipinski definition) is 1. The van der Waals surface area contributed by atoms with Gasteiger partial charge in [-0.3, -0.25) is 4.79 Å². The molecule has 0 unspecified atom stereocenters. The van der Waals surface area contributed by atoms with Gasteiger partial charge < -0.3 is 9.88 Å². The minimum Gasteiger partial charge on any atom is -0.355 e. The predicted molar refractivity (Wildman–Crippen MR) is 77.9 cm³/mol. The van der Waals surface area contributed by atoms with E-state index in [0.717, 1.165) is 16.9 Å². The van der Waals surface area contributed by atoms with Crippen molar-refractivity contribution in [2.45, 2.75) is 19.9 Å². The van der Waals surface area contributed by atoms with Crippen molar-refractivity contribution in [3.63, 3.8) is 0 Å². The molecule has 1 heterocycles. The number of likely N-dealkylation sites (N-methyl/N-ethyl adjacent to an activating group) is 1. The molecule has 4 nitrogen and oxygen atoms in total. The van der Waals surface area contributed by atoms with Gasteiger partial charge >= 0.3 is 0 Å². The summed E-state index contributed by atoms with van der Waals surface area (Å²) >= 11 is 11.8. The molecule has 6 heteroatoms. The number of hydrogen-bond acceptors (Lipinski definition) is 2. The molecule has 19 heavy (non-hydrogen) atoms. The molecular weight excluding hydrogens is 285 g/mol. The van der Waals surface area contributed by atoms with Crippen LogP contribution < -0.4 is 5.32 Å². The molecule has 0 spiro atoms. The quantitative estimate of drug-likeness (QED) is 0.863. The van der Waals surface area contributed by atoms with Crippen molar-refractivity contribution in [3.05, 3.63) is 29.0 Å². The molecule has 1 aromatic heterocycles. The Bertz CT molecular complexity index is 595. The maximum atomic E-state index is 11.8. The number of halogens is 2. The number of rotatable bonds is 5. The van der Waals surface area contributed by atoms with E-state index in [9.17, 15) is 4.79 Å². The molecule has 1 N–H and O–H groups in total. The Morgan fingerprint density at radius 2 is 2.26 bits per heavy atom. The van der Waals surface area contributed by atoms with Gasteiger partial charge in [-0.15, -0.1) is 11.6 Å². The first kappa shape index (κ1) is 14.2. The molecule has 0 aliphatic rings. The number of nitrogens with one attached hydrogen (secondary N) is 1. The fourth-order valence-corrected chi connectivity index (χ4v) is 2.33. The van der Waals surface area contributed by atoms with Crippen LogP contribution in [0.1, 0.15) is 12.7 Å². The van der Waals surface area contributed by atoms with Crippen LogP contribution in [0.5, 0.6) is 0 Å². The zero-order chi connectivity index (χ0) is 13.8. The smallest absolute Gasteiger partial charge is 0.239 e. The van der Waals surface area contributed by atoms with Crippen molar-refractivity contribution in [1.82, 2.24) is 14.9 Å². The fourth-order valence-electron chi connectivity index (χ4n) is 1.99. The molecule has 0 aliphatic carbocycles. The van der Waals surface area contributed by atoms with Gasteiger partial charge in [0.2, 0.25) is 5.91 Å². The number of aryl methyl sites for hydroxylation is 1. The lowest BCUT2D eigenvalue weighted by Crippen LogP contribution is -2.27. The second kappa shape index (κ2) is 6.26. The lowest BCUT2D eigenvalue weighted by molar-refractivity contribution is -0.121. The average molecular weight is 300 g/mol. The largest absolute Gasteiger partial charge is 0.355 e. The summed E-state index contributed by atoms with van der Waals surface area (Å²) in [5.74, 6) is 1.23. The highest BCUT2D eigenvalue weighted by molar-refractivity contribution is 6.31. The second-order valence-electron chi connectivity index (χ2n) is 4.14. The van der Waals surface area contributed by atoms with Gasteiger partial charge in [0.05, 0.1) is 11.0 Å². The fraction of sp³-hybridized carbons (Fsp3) is 0.385. The molecular formula is C13H15Cl2N3O. The Morgan fingerprint density at radius 3 is 2.95 bits per heavy atom. The molecule has 0 bridgehead atoms. The minimum atomic E-state index is -0.0439. The number of carbonyl (C=O) groups excluding carboxylic acids is 1. The van der Waals surface area contributed by atoms with Crippen molar-refractivity contribution in [1.29, 1.82) is 0 Å². The van der Waals surface area contributed by atoms with Crippen molar-refractivity contribution in [2.24, 2.45) is 0 Å². The zero-order valence-corrected chi connectivity index (χ0v) is 12.1. The van der Waals surface area contributed by atoms with E-state index in [2.05, 4.69) is 10.3 Å². The van der Waals surface area contributed by atoms with Gasteiger partial charge in [-0.05, 0) is 25.1 Å². The summed E-state index contributed by atoms with van der Waals surface area (Å²) < 4.78 is 1.87. The summed E-state index contributed by atoms with van der Waals surface area (Å²) in [6.07, 6.45) is 0.618. The van der Waals surface area contributed by atoms with Gasteiger partial charge in [0.25, 0.3) is 0 Å². The lowest BCUT2D eigenvalue weighted by Gasteiger charge is -2.08. The number of alkyl halides is 1. The maximum absolute atomic E-state index is 11.8. The molecule has 1 amide bonds. The van der Waals surface area contributed by atoms with Crippen molar-refractivity contribution < 1.29 is 4.79 Å². The molecule has 0 fully saturated rings. The summed E-state index contributed by atoms with van der Waals surface area (Å²) in [5.41, 5.74) is 1.69. The molecule has 1 aromatic carbocycles. The van der Waals surface area contributed by atoms with Crippen LogP contribution in [0.15, 0.2) is 18.2 Å². The Labute approximate surface area is 121 Å². The highest BCUT2D eigenvalue weighted by Gasteiger charge is 2.13. The number of fused-ring (bicyclic) bond motifs is 1. The summed E-state index contributed by atoms with van der Waals surface area (Å²) in [6.45, 7) is 2.73. The Hall–Kier alpha value is -1.26. The summed E-state index contributed by atoms with van der Waals surface area (Å²) in [6, 6.07) is 5.46. The maximum Gasteiger partial charge on any atom is 0.239 e. The first-order valence-electron chi connectivity index (χ1n) is 6.13. The highest BCUT2D eigenvalue weighted by Crippen LogP contribution is 2.21. The van der Waals surface area contributed by atoms with Crippen LogP contribution in [0.4, 0.5) is 0 Å². The van der Waals surface area contributed by atoms with Crippen molar-refractivity contribution in [2.75, 3.05) is 12.4 Å². The normalized spacial score (nSPS) is 10.9. The first-order valence-corrected chi connectivity index (χ1v) is 7.04. The SMILES string of the molecule is CCNC(=O)Cn1c(CCCl)nc2ccc(Cl)cc21. The molecule has 0 saturated heterocycles. The van der Waals surface area contributed by atoms with Crippen LogP contribution >= 0.6 is 23.2 Å². The van der Waals surface area contributed by atoms with Gasteiger partial charge in [-0.1, -0.05) is 11.6 Å². The Balaban J connectivity index is 2.44. The summed E-state index contributed by atoms with van der Waals surface area (Å²) in [5, 5.41) is 3.41. The highest BCUT2D eigenvalue weighted by atomic mass is 35.5. The number of nitrogens with zero attached hydrogens (tertiary/aromatic N) is 2. The standard InChI is InChI=1S/C13H15Cl2N3O/c1-2-16-13(19)8-18-11-7-9(15)3-4-10(11)17-12(18)5-6-14/h3-4,7H,2,5-6,8H2,1H3,(H,16,19). The van der Waals surface area contributed by atoms with E-state index in [1.54, 1.807) is 6.07 Å². The topological polar surface area (TPSA) is 46.9 Å². The molecule has 0 radical (unpaired) electrons. The minimum absolute atomic E-state index is 0.0439. The van der Waals surface area contributed by atoms with Gasteiger partial charge in [0, 0.05) is 23.9 Å². The second-order valence-corrected chi connectivity index (χ2v) is 4.95. The van der Waals surface area contributed by atoms with E-state index in [-0.39, 0.29) is 12.5 Å². The predicted octanol–water partition coefficient (Wildman–Crippen LogP) is 2.61. The third-order valence-corrected chi connectivity index (χ3v) is 3.21. The van der Waals surface area contributed by atoms with Gasteiger partial charge in [0.1, 0.15) is 12.4 Å². The third-order valence-electron chi connectivity index (χ3n) is 2.78. The van der Waals surface area contributed by atoms with E-state index >= 15 is 0 Å². The van der Waals surface area contributed by atoms with Crippen LogP contribution in [-0.4, -0.2) is 27.9 Å². The number of aromatic nitrogens is 2. The van der Waals surface area contributed by atoms with E-state index in [1.807, 2.05) is 23.6 Å². The van der Waals surface area contributed by atoms with Gasteiger partial charge in [0.15, 0.2) is 0 Å². The monoisotopic (exact) mass is 299 g/mol. The number of carbonyl (C=O) groups is 1. The third kappa shape index (κ3) is 3.19. The first-order chi connectivity index (χ1) is 9.15. The lowest BCUT2D eigenvalue weighted by atomic mass is 10.3. The molecule has 0 aliphatic heterocycles.